The van der Waals surface area contributed by atoms with Gasteiger partial charge < -0.3 is 10.2 Å². The minimum absolute atomic E-state index is 0.0543. The number of carbonyl (C=O) groups excluding carboxylic acids is 1. The molecule has 0 unspecified atom stereocenters. The number of anilines is 1. The average Bonchev–Trinajstić information content (AvgIpc) is 2.72. The van der Waals surface area contributed by atoms with Crippen LogP contribution >= 0.6 is 11.8 Å². The molecule has 0 radical (unpaired) electrons. The summed E-state index contributed by atoms with van der Waals surface area (Å²) in [5, 5.41) is 3.94. The maximum atomic E-state index is 12.2. The van der Waals surface area contributed by atoms with E-state index in [2.05, 4.69) is 51.4 Å². The molecule has 1 aliphatic rings. The van der Waals surface area contributed by atoms with Gasteiger partial charge in [0.15, 0.2) is 0 Å². The van der Waals surface area contributed by atoms with Crippen molar-refractivity contribution in [3.63, 3.8) is 0 Å². The molecule has 2 heterocycles. The van der Waals surface area contributed by atoms with E-state index in [-0.39, 0.29) is 11.9 Å². The summed E-state index contributed by atoms with van der Waals surface area (Å²) in [6, 6.07) is 12.5. The number of amides is 1. The first kappa shape index (κ1) is 19.7. The molecule has 27 heavy (non-hydrogen) atoms. The van der Waals surface area contributed by atoms with Crippen LogP contribution in [0.5, 0.6) is 0 Å². The number of aromatic nitrogens is 2. The lowest BCUT2D eigenvalue weighted by molar-refractivity contribution is -0.119. The molecule has 2 aromatic rings. The molecule has 1 aromatic heterocycles. The molecule has 1 N–H and O–H groups in total. The highest BCUT2D eigenvalue weighted by Gasteiger charge is 2.14. The summed E-state index contributed by atoms with van der Waals surface area (Å²) in [6.07, 6.45) is 7.25. The number of thioether (sulfide) groups is 1. The Kier molecular flexibility index (Phi) is 7.51. The van der Waals surface area contributed by atoms with E-state index < -0.39 is 0 Å². The molecule has 1 saturated heterocycles. The molecule has 0 bridgehead atoms. The average molecular weight is 385 g/mol. The molecule has 1 aliphatic heterocycles. The number of hydrogen-bond acceptors (Lipinski definition) is 5. The lowest BCUT2D eigenvalue weighted by atomic mass is 10.1. The van der Waals surface area contributed by atoms with Crippen LogP contribution in [-0.4, -0.2) is 40.8 Å². The van der Waals surface area contributed by atoms with Gasteiger partial charge in [0.05, 0.1) is 5.75 Å². The monoisotopic (exact) mass is 384 g/mol. The highest BCUT2D eigenvalue weighted by Crippen LogP contribution is 2.22. The first-order chi connectivity index (χ1) is 13.2. The van der Waals surface area contributed by atoms with Gasteiger partial charge in [0.1, 0.15) is 17.2 Å². The zero-order chi connectivity index (χ0) is 18.9. The number of piperidine rings is 1. The van der Waals surface area contributed by atoms with Crippen molar-refractivity contribution in [1.29, 1.82) is 0 Å². The van der Waals surface area contributed by atoms with Crippen molar-refractivity contribution in [2.45, 2.75) is 50.1 Å². The molecule has 6 heteroatoms. The molecule has 144 valence electrons. The second-order valence-corrected chi connectivity index (χ2v) is 8.04. The topological polar surface area (TPSA) is 58.1 Å². The Hall–Kier alpha value is -2.08. The summed E-state index contributed by atoms with van der Waals surface area (Å²) in [5.74, 6) is 1.41. The standard InChI is InChI=1S/C21H28N4OS/c1-17(10-11-18-8-4-2-5-9-18)24-20(26)15-27-21-14-19(22-16-23-21)25-12-6-3-7-13-25/h2,4-5,8-9,14,16-17H,3,6-7,10-13,15H2,1H3,(H,24,26)/t17-/m0/s1. The van der Waals surface area contributed by atoms with Crippen LogP contribution in [0.1, 0.15) is 38.2 Å². The summed E-state index contributed by atoms with van der Waals surface area (Å²) in [5.41, 5.74) is 1.30. The van der Waals surface area contributed by atoms with Gasteiger partial charge in [0.2, 0.25) is 5.91 Å². The number of rotatable bonds is 8. The van der Waals surface area contributed by atoms with Crippen molar-refractivity contribution in [1.82, 2.24) is 15.3 Å². The molecule has 0 saturated carbocycles. The van der Waals surface area contributed by atoms with E-state index >= 15 is 0 Å². The van der Waals surface area contributed by atoms with Crippen molar-refractivity contribution < 1.29 is 4.79 Å². The van der Waals surface area contributed by atoms with Gasteiger partial charge in [0.25, 0.3) is 0 Å². The van der Waals surface area contributed by atoms with Crippen LogP contribution in [0.3, 0.4) is 0 Å². The highest BCUT2D eigenvalue weighted by molar-refractivity contribution is 7.99. The summed E-state index contributed by atoms with van der Waals surface area (Å²) >= 11 is 1.47. The first-order valence-corrected chi connectivity index (χ1v) is 10.7. The van der Waals surface area contributed by atoms with Gasteiger partial charge in [-0.15, -0.1) is 0 Å². The quantitative estimate of drug-likeness (QED) is 0.556. The van der Waals surface area contributed by atoms with Crippen LogP contribution in [0.2, 0.25) is 0 Å². The summed E-state index contributed by atoms with van der Waals surface area (Å²) in [4.78, 5) is 23.2. The van der Waals surface area contributed by atoms with E-state index in [1.807, 2.05) is 12.1 Å². The first-order valence-electron chi connectivity index (χ1n) is 9.74. The van der Waals surface area contributed by atoms with E-state index in [4.69, 9.17) is 0 Å². The van der Waals surface area contributed by atoms with Crippen LogP contribution in [0.15, 0.2) is 47.8 Å². The molecule has 3 rings (SSSR count). The van der Waals surface area contributed by atoms with Crippen LogP contribution in [0.25, 0.3) is 0 Å². The Morgan fingerprint density at radius 1 is 1.19 bits per heavy atom. The predicted octanol–water partition coefficient (Wildman–Crippen LogP) is 3.70. The number of aryl methyl sites for hydroxylation is 1. The number of nitrogens with one attached hydrogen (secondary N) is 1. The SMILES string of the molecule is C[C@@H](CCc1ccccc1)NC(=O)CSc1cc(N2CCCCC2)ncn1. The third kappa shape index (κ3) is 6.54. The molecule has 0 aliphatic carbocycles. The fourth-order valence-corrected chi connectivity index (χ4v) is 3.93. The van der Waals surface area contributed by atoms with Gasteiger partial charge in [-0.3, -0.25) is 4.79 Å². The van der Waals surface area contributed by atoms with Gasteiger partial charge in [-0.05, 0) is 44.6 Å². The Bertz CT molecular complexity index is 719. The highest BCUT2D eigenvalue weighted by atomic mass is 32.2. The van der Waals surface area contributed by atoms with E-state index in [1.54, 1.807) is 6.33 Å². The van der Waals surface area contributed by atoms with Crippen LogP contribution in [0.4, 0.5) is 5.82 Å². The lowest BCUT2D eigenvalue weighted by Gasteiger charge is -2.27. The third-order valence-corrected chi connectivity index (χ3v) is 5.70. The molecule has 1 atom stereocenters. The van der Waals surface area contributed by atoms with Crippen LogP contribution < -0.4 is 10.2 Å². The Labute approximate surface area is 166 Å². The second-order valence-electron chi connectivity index (χ2n) is 7.04. The predicted molar refractivity (Wildman–Crippen MR) is 111 cm³/mol. The van der Waals surface area contributed by atoms with Crippen molar-refractivity contribution in [3.8, 4) is 0 Å². The van der Waals surface area contributed by atoms with Crippen molar-refractivity contribution >= 4 is 23.5 Å². The lowest BCUT2D eigenvalue weighted by Crippen LogP contribution is -2.34. The van der Waals surface area contributed by atoms with Gasteiger partial charge >= 0.3 is 0 Å². The van der Waals surface area contributed by atoms with Crippen LogP contribution in [0, 0.1) is 0 Å². The number of hydrogen-bond donors (Lipinski definition) is 1. The van der Waals surface area contributed by atoms with Gasteiger partial charge in [-0.2, -0.15) is 0 Å². The van der Waals surface area contributed by atoms with Gasteiger partial charge in [-0.1, -0.05) is 42.1 Å². The van der Waals surface area contributed by atoms with E-state index in [9.17, 15) is 4.79 Å². The minimum Gasteiger partial charge on any atom is -0.356 e. The summed E-state index contributed by atoms with van der Waals surface area (Å²) < 4.78 is 0. The van der Waals surface area contributed by atoms with Crippen molar-refractivity contribution in [2.24, 2.45) is 0 Å². The zero-order valence-corrected chi connectivity index (χ0v) is 16.8. The number of carbonyl (C=O) groups is 1. The summed E-state index contributed by atoms with van der Waals surface area (Å²) in [6.45, 7) is 4.17. The molecule has 5 nitrogen and oxygen atoms in total. The Morgan fingerprint density at radius 3 is 2.74 bits per heavy atom. The smallest absolute Gasteiger partial charge is 0.230 e. The Balaban J connectivity index is 1.42. The molecule has 0 spiro atoms. The molecular formula is C21H28N4OS. The zero-order valence-electron chi connectivity index (χ0n) is 15.9. The van der Waals surface area contributed by atoms with E-state index in [1.165, 1.54) is 36.6 Å². The maximum Gasteiger partial charge on any atom is 0.230 e. The largest absolute Gasteiger partial charge is 0.356 e. The third-order valence-electron chi connectivity index (χ3n) is 4.77. The van der Waals surface area contributed by atoms with Gasteiger partial charge in [-0.25, -0.2) is 9.97 Å². The van der Waals surface area contributed by atoms with Crippen molar-refractivity contribution in [3.05, 3.63) is 48.3 Å². The number of nitrogens with zero attached hydrogens (tertiary/aromatic N) is 3. The summed E-state index contributed by atoms with van der Waals surface area (Å²) in [7, 11) is 0. The van der Waals surface area contributed by atoms with Crippen LogP contribution in [-0.2, 0) is 11.2 Å². The van der Waals surface area contributed by atoms with E-state index in [0.29, 0.717) is 5.75 Å². The Morgan fingerprint density at radius 2 is 1.96 bits per heavy atom. The fraction of sp³-hybridized carbons (Fsp3) is 0.476. The molecular weight excluding hydrogens is 356 g/mol. The van der Waals surface area contributed by atoms with Gasteiger partial charge in [0, 0.05) is 25.2 Å². The normalized spacial score (nSPS) is 15.4. The fourth-order valence-electron chi connectivity index (χ4n) is 3.26. The van der Waals surface area contributed by atoms with E-state index in [0.717, 1.165) is 36.8 Å². The minimum atomic E-state index is 0.0543. The second kappa shape index (κ2) is 10.3. The molecule has 1 amide bonds. The maximum absolute atomic E-state index is 12.2. The van der Waals surface area contributed by atoms with Crippen molar-refractivity contribution in [2.75, 3.05) is 23.7 Å². The number of benzene rings is 1. The molecule has 1 fully saturated rings. The molecule has 1 aromatic carbocycles.